The molecule has 37 heavy (non-hydrogen) atoms. The summed E-state index contributed by atoms with van der Waals surface area (Å²) < 4.78 is 6.86. The predicted octanol–water partition coefficient (Wildman–Crippen LogP) is 5.37. The molecule has 4 aromatic rings. The second kappa shape index (κ2) is 11.1. The van der Waals surface area contributed by atoms with Gasteiger partial charge in [-0.05, 0) is 50.6 Å². The average Bonchev–Trinajstić information content (AvgIpc) is 3.59. The highest BCUT2D eigenvalue weighted by Crippen LogP contribution is 2.36. The SMILES string of the molecule is CCCN(CC)C1CCN(Cc2cc3nc(-c4cccc5[nH]ccc45)nc(N4CCOCC4)c3s2)CC1. The van der Waals surface area contributed by atoms with Gasteiger partial charge in [0.15, 0.2) is 11.6 Å². The molecule has 0 bridgehead atoms. The number of thiophene rings is 1. The third kappa shape index (κ3) is 5.12. The molecule has 0 spiro atoms. The summed E-state index contributed by atoms with van der Waals surface area (Å²) in [5, 5.41) is 1.16. The largest absolute Gasteiger partial charge is 0.378 e. The first kappa shape index (κ1) is 24.8. The number of fused-ring (bicyclic) bond motifs is 2. The monoisotopic (exact) mass is 518 g/mol. The Morgan fingerprint density at radius 3 is 2.70 bits per heavy atom. The van der Waals surface area contributed by atoms with Gasteiger partial charge in [0.05, 0.1) is 23.4 Å². The zero-order valence-corrected chi connectivity index (χ0v) is 22.9. The van der Waals surface area contributed by atoms with E-state index in [0.29, 0.717) is 0 Å². The fraction of sp³-hybridized carbons (Fsp3) is 0.517. The van der Waals surface area contributed by atoms with Gasteiger partial charge in [-0.1, -0.05) is 26.0 Å². The van der Waals surface area contributed by atoms with Crippen LogP contribution in [0.3, 0.4) is 0 Å². The molecular formula is C29H38N6OS. The number of hydrogen-bond donors (Lipinski definition) is 1. The van der Waals surface area contributed by atoms with E-state index in [2.05, 4.69) is 63.9 Å². The van der Waals surface area contributed by atoms with Crippen LogP contribution in [-0.4, -0.2) is 83.3 Å². The van der Waals surface area contributed by atoms with Gasteiger partial charge in [0, 0.05) is 66.3 Å². The van der Waals surface area contributed by atoms with E-state index < -0.39 is 0 Å². The van der Waals surface area contributed by atoms with E-state index >= 15 is 0 Å². The zero-order chi connectivity index (χ0) is 25.2. The Bertz CT molecular complexity index is 1330. The topological polar surface area (TPSA) is 60.5 Å². The van der Waals surface area contributed by atoms with Gasteiger partial charge in [0.2, 0.25) is 0 Å². The van der Waals surface area contributed by atoms with Crippen molar-refractivity contribution in [2.24, 2.45) is 0 Å². The number of likely N-dealkylation sites (tertiary alicyclic amines) is 1. The molecule has 0 aliphatic carbocycles. The molecule has 6 rings (SSSR count). The lowest BCUT2D eigenvalue weighted by Crippen LogP contribution is -2.44. The number of nitrogens with one attached hydrogen (secondary N) is 1. The van der Waals surface area contributed by atoms with Crippen LogP contribution in [0.25, 0.3) is 32.5 Å². The van der Waals surface area contributed by atoms with E-state index in [1.54, 1.807) is 0 Å². The van der Waals surface area contributed by atoms with Crippen LogP contribution in [0.5, 0.6) is 0 Å². The summed E-state index contributed by atoms with van der Waals surface area (Å²) >= 11 is 1.87. The van der Waals surface area contributed by atoms with Gasteiger partial charge in [-0.15, -0.1) is 11.3 Å². The first-order valence-corrected chi connectivity index (χ1v) is 14.7. The second-order valence-corrected chi connectivity index (χ2v) is 11.4. The van der Waals surface area contributed by atoms with Crippen LogP contribution >= 0.6 is 11.3 Å². The Morgan fingerprint density at radius 1 is 1.08 bits per heavy atom. The van der Waals surface area contributed by atoms with Crippen molar-refractivity contribution in [2.45, 2.75) is 45.7 Å². The van der Waals surface area contributed by atoms with E-state index in [0.717, 1.165) is 79.1 Å². The molecule has 1 N–H and O–H groups in total. The molecule has 0 unspecified atom stereocenters. The van der Waals surface area contributed by atoms with Crippen LogP contribution in [0, 0.1) is 0 Å². The van der Waals surface area contributed by atoms with Gasteiger partial charge in [-0.2, -0.15) is 0 Å². The summed E-state index contributed by atoms with van der Waals surface area (Å²) in [7, 11) is 0. The number of anilines is 1. The van der Waals surface area contributed by atoms with Crippen LogP contribution in [-0.2, 0) is 11.3 Å². The standard InChI is InChI=1S/C29H38N6OS/c1-3-12-34(4-2)21-9-13-33(14-10-21)20-22-19-26-27(37-22)29(35-15-17-36-18-16-35)32-28(31-26)24-6-5-7-25-23(24)8-11-30-25/h5-8,11,19,21,30H,3-4,9-10,12-18,20H2,1-2H3. The number of aromatic nitrogens is 3. The lowest BCUT2D eigenvalue weighted by Gasteiger charge is -2.38. The van der Waals surface area contributed by atoms with Gasteiger partial charge >= 0.3 is 0 Å². The number of hydrogen-bond acceptors (Lipinski definition) is 7. The number of nitrogens with zero attached hydrogens (tertiary/aromatic N) is 5. The molecular weight excluding hydrogens is 480 g/mol. The molecule has 1 aromatic carbocycles. The number of aromatic amines is 1. The van der Waals surface area contributed by atoms with Crippen LogP contribution in [0.4, 0.5) is 5.82 Å². The molecule has 7 nitrogen and oxygen atoms in total. The number of benzene rings is 1. The zero-order valence-electron chi connectivity index (χ0n) is 22.1. The maximum Gasteiger partial charge on any atom is 0.162 e. The normalized spacial score (nSPS) is 18.0. The van der Waals surface area contributed by atoms with Gasteiger partial charge < -0.3 is 19.5 Å². The fourth-order valence-electron chi connectivity index (χ4n) is 5.98. The minimum Gasteiger partial charge on any atom is -0.378 e. The summed E-state index contributed by atoms with van der Waals surface area (Å²) in [4.78, 5) is 22.7. The minimum absolute atomic E-state index is 0.737. The van der Waals surface area contributed by atoms with Crippen molar-refractivity contribution < 1.29 is 4.74 Å². The van der Waals surface area contributed by atoms with Crippen molar-refractivity contribution in [1.29, 1.82) is 0 Å². The van der Waals surface area contributed by atoms with E-state index in [1.807, 2.05) is 17.5 Å². The summed E-state index contributed by atoms with van der Waals surface area (Å²) in [6.07, 6.45) is 5.76. The quantitative estimate of drug-likeness (QED) is 0.338. The predicted molar refractivity (Wildman–Crippen MR) is 154 cm³/mol. The smallest absolute Gasteiger partial charge is 0.162 e. The molecule has 0 radical (unpaired) electrons. The second-order valence-electron chi connectivity index (χ2n) is 10.3. The maximum absolute atomic E-state index is 5.65. The van der Waals surface area contributed by atoms with Crippen molar-refractivity contribution >= 4 is 38.3 Å². The Labute approximate surface area is 223 Å². The molecule has 196 valence electrons. The van der Waals surface area contributed by atoms with E-state index in [9.17, 15) is 0 Å². The van der Waals surface area contributed by atoms with Crippen LogP contribution in [0.15, 0.2) is 36.5 Å². The number of ether oxygens (including phenoxy) is 1. The Hall–Kier alpha value is -2.52. The summed E-state index contributed by atoms with van der Waals surface area (Å²) in [5.74, 6) is 1.86. The fourth-order valence-corrected chi connectivity index (χ4v) is 7.14. The number of H-pyrrole nitrogens is 1. The van der Waals surface area contributed by atoms with Crippen molar-refractivity contribution in [2.75, 3.05) is 57.4 Å². The molecule has 0 amide bonds. The highest BCUT2D eigenvalue weighted by molar-refractivity contribution is 7.19. The van der Waals surface area contributed by atoms with Gasteiger partial charge in [0.25, 0.3) is 0 Å². The maximum atomic E-state index is 5.65. The van der Waals surface area contributed by atoms with E-state index in [1.165, 1.54) is 48.5 Å². The number of rotatable bonds is 8. The van der Waals surface area contributed by atoms with Crippen molar-refractivity contribution in [1.82, 2.24) is 24.8 Å². The summed E-state index contributed by atoms with van der Waals surface area (Å²) in [6, 6.07) is 11.5. The first-order valence-electron chi connectivity index (χ1n) is 13.9. The van der Waals surface area contributed by atoms with Crippen molar-refractivity contribution in [3.8, 4) is 11.4 Å². The van der Waals surface area contributed by atoms with E-state index in [-0.39, 0.29) is 0 Å². The van der Waals surface area contributed by atoms with Crippen molar-refractivity contribution in [3.05, 3.63) is 41.4 Å². The average molecular weight is 519 g/mol. The van der Waals surface area contributed by atoms with Gasteiger partial charge in [0.1, 0.15) is 0 Å². The number of piperidine rings is 1. The molecule has 2 aliphatic heterocycles. The Balaban J connectivity index is 1.29. The van der Waals surface area contributed by atoms with Crippen LogP contribution < -0.4 is 4.90 Å². The van der Waals surface area contributed by atoms with E-state index in [4.69, 9.17) is 14.7 Å². The van der Waals surface area contributed by atoms with Crippen LogP contribution in [0.2, 0.25) is 0 Å². The van der Waals surface area contributed by atoms with Crippen molar-refractivity contribution in [3.63, 3.8) is 0 Å². The first-order chi connectivity index (χ1) is 18.2. The number of morpholine rings is 1. The summed E-state index contributed by atoms with van der Waals surface area (Å²) in [5.41, 5.74) is 3.26. The third-order valence-corrected chi connectivity index (χ3v) is 9.03. The molecule has 3 aromatic heterocycles. The lowest BCUT2D eigenvalue weighted by atomic mass is 10.0. The highest BCUT2D eigenvalue weighted by atomic mass is 32.1. The molecule has 2 aliphatic rings. The highest BCUT2D eigenvalue weighted by Gasteiger charge is 2.25. The molecule has 2 saturated heterocycles. The van der Waals surface area contributed by atoms with Crippen LogP contribution in [0.1, 0.15) is 38.0 Å². The Kier molecular flexibility index (Phi) is 7.42. The summed E-state index contributed by atoms with van der Waals surface area (Å²) in [6.45, 7) is 13.5. The minimum atomic E-state index is 0.737. The molecule has 8 heteroatoms. The lowest BCUT2D eigenvalue weighted by molar-refractivity contribution is 0.109. The van der Waals surface area contributed by atoms with Gasteiger partial charge in [-0.3, -0.25) is 4.90 Å². The third-order valence-electron chi connectivity index (χ3n) is 7.92. The molecule has 5 heterocycles. The molecule has 0 saturated carbocycles. The Morgan fingerprint density at radius 2 is 1.92 bits per heavy atom. The molecule has 2 fully saturated rings. The molecule has 0 atom stereocenters. The van der Waals surface area contributed by atoms with Gasteiger partial charge in [-0.25, -0.2) is 9.97 Å².